The van der Waals surface area contributed by atoms with E-state index in [1.807, 2.05) is 6.20 Å². The Morgan fingerprint density at radius 1 is 1.26 bits per heavy atom. The monoisotopic (exact) mass is 280 g/mol. The number of aromatic nitrogens is 3. The number of hydrogen-bond donors (Lipinski definition) is 1. The molecule has 0 saturated heterocycles. The summed E-state index contributed by atoms with van der Waals surface area (Å²) < 4.78 is 24.9. The quantitative estimate of drug-likeness (QED) is 0.891. The summed E-state index contributed by atoms with van der Waals surface area (Å²) in [5.41, 5.74) is 1.67. The Balaban J connectivity index is 2.03. The molecule has 0 bridgehead atoms. The second-order valence-electron chi connectivity index (χ2n) is 4.16. The Morgan fingerprint density at radius 2 is 1.95 bits per heavy atom. The number of nitrogens with one attached hydrogen (secondary N) is 1. The lowest BCUT2D eigenvalue weighted by Gasteiger charge is -2.06. The van der Waals surface area contributed by atoms with Gasteiger partial charge >= 0.3 is 0 Å². The van der Waals surface area contributed by atoms with Crippen LogP contribution in [0, 0.1) is 0 Å². The van der Waals surface area contributed by atoms with Crippen molar-refractivity contribution in [1.29, 1.82) is 0 Å². The Kier molecular flexibility index (Phi) is 3.84. The first-order chi connectivity index (χ1) is 9.01. The van der Waals surface area contributed by atoms with Gasteiger partial charge in [-0.05, 0) is 24.3 Å². The highest BCUT2D eigenvalue weighted by Crippen LogP contribution is 2.15. The Bertz CT molecular complexity index is 647. The number of anilines is 1. The minimum atomic E-state index is -3.13. The number of rotatable bonds is 5. The fourth-order valence-corrected chi connectivity index (χ4v) is 2.50. The van der Waals surface area contributed by atoms with Gasteiger partial charge in [-0.1, -0.05) is 12.1 Å². The van der Waals surface area contributed by atoms with E-state index in [-0.39, 0.29) is 5.75 Å². The van der Waals surface area contributed by atoms with Crippen LogP contribution in [0.4, 0.5) is 5.69 Å². The van der Waals surface area contributed by atoms with Crippen molar-refractivity contribution in [1.82, 2.24) is 15.0 Å². The van der Waals surface area contributed by atoms with Crippen LogP contribution in [0.1, 0.15) is 12.6 Å². The molecule has 19 heavy (non-hydrogen) atoms. The van der Waals surface area contributed by atoms with Gasteiger partial charge in [0.05, 0.1) is 17.2 Å². The van der Waals surface area contributed by atoms with E-state index >= 15 is 0 Å². The number of nitrogens with zero attached hydrogens (tertiary/aromatic N) is 3. The molecule has 1 heterocycles. The lowest BCUT2D eigenvalue weighted by atomic mass is 10.3. The predicted molar refractivity (Wildman–Crippen MR) is 72.5 cm³/mol. The van der Waals surface area contributed by atoms with Crippen LogP contribution in [0.2, 0.25) is 0 Å². The molecule has 0 aliphatic rings. The van der Waals surface area contributed by atoms with Gasteiger partial charge in [0.1, 0.15) is 5.69 Å². The van der Waals surface area contributed by atoms with Gasteiger partial charge in [-0.3, -0.25) is 4.68 Å². The van der Waals surface area contributed by atoms with Crippen molar-refractivity contribution in [3.05, 3.63) is 36.2 Å². The molecule has 0 aliphatic carbocycles. The minimum Gasteiger partial charge on any atom is -0.379 e. The highest BCUT2D eigenvalue weighted by molar-refractivity contribution is 7.91. The summed E-state index contributed by atoms with van der Waals surface area (Å²) in [4.78, 5) is 0.347. The Hall–Kier alpha value is -1.89. The maximum Gasteiger partial charge on any atom is 0.178 e. The smallest absolute Gasteiger partial charge is 0.178 e. The van der Waals surface area contributed by atoms with Crippen molar-refractivity contribution in [2.75, 3.05) is 11.1 Å². The average Bonchev–Trinajstić information content (AvgIpc) is 2.83. The molecule has 1 aromatic carbocycles. The van der Waals surface area contributed by atoms with E-state index in [1.165, 1.54) is 0 Å². The molecular formula is C12H16N4O2S. The van der Waals surface area contributed by atoms with E-state index < -0.39 is 9.84 Å². The van der Waals surface area contributed by atoms with Crippen molar-refractivity contribution in [2.24, 2.45) is 7.05 Å². The maximum absolute atomic E-state index is 11.7. The van der Waals surface area contributed by atoms with Crippen LogP contribution in [0.5, 0.6) is 0 Å². The molecular weight excluding hydrogens is 264 g/mol. The molecule has 0 unspecified atom stereocenters. The third-order valence-corrected chi connectivity index (χ3v) is 4.47. The standard InChI is InChI=1S/C12H16N4O2S/c1-3-19(17,18)12-6-4-10(5-7-12)13-8-11-9-16(2)15-14-11/h4-7,9,13H,3,8H2,1-2H3. The van der Waals surface area contributed by atoms with Gasteiger partial charge in [0.25, 0.3) is 0 Å². The maximum atomic E-state index is 11.7. The summed E-state index contributed by atoms with van der Waals surface area (Å²) in [5.74, 6) is 0.110. The van der Waals surface area contributed by atoms with Crippen LogP contribution in [0.3, 0.4) is 0 Å². The fourth-order valence-electron chi connectivity index (χ4n) is 1.62. The van der Waals surface area contributed by atoms with E-state index in [4.69, 9.17) is 0 Å². The van der Waals surface area contributed by atoms with Crippen LogP contribution < -0.4 is 5.32 Å². The molecule has 0 amide bonds. The van der Waals surface area contributed by atoms with Gasteiger partial charge in [0, 0.05) is 18.9 Å². The summed E-state index contributed by atoms with van der Waals surface area (Å²) >= 11 is 0. The van der Waals surface area contributed by atoms with Gasteiger partial charge in [0.2, 0.25) is 0 Å². The normalized spacial score (nSPS) is 11.5. The number of hydrogen-bond acceptors (Lipinski definition) is 5. The molecule has 0 saturated carbocycles. The van der Waals surface area contributed by atoms with Crippen molar-refractivity contribution in [2.45, 2.75) is 18.4 Å². The molecule has 0 atom stereocenters. The molecule has 0 spiro atoms. The number of benzene rings is 1. The number of sulfone groups is 1. The van der Waals surface area contributed by atoms with Crippen LogP contribution in [0.25, 0.3) is 0 Å². The van der Waals surface area contributed by atoms with Gasteiger partial charge in [0.15, 0.2) is 9.84 Å². The zero-order chi connectivity index (χ0) is 13.9. The van der Waals surface area contributed by atoms with Crippen molar-refractivity contribution in [3.63, 3.8) is 0 Å². The molecule has 0 radical (unpaired) electrons. The molecule has 2 aromatic rings. The Morgan fingerprint density at radius 3 is 2.47 bits per heavy atom. The lowest BCUT2D eigenvalue weighted by Crippen LogP contribution is -2.04. The molecule has 1 N–H and O–H groups in total. The predicted octanol–water partition coefficient (Wildman–Crippen LogP) is 1.22. The third-order valence-electron chi connectivity index (χ3n) is 2.72. The highest BCUT2D eigenvalue weighted by atomic mass is 32.2. The minimum absolute atomic E-state index is 0.110. The number of aryl methyl sites for hydroxylation is 1. The fraction of sp³-hybridized carbons (Fsp3) is 0.333. The first kappa shape index (κ1) is 13.5. The molecule has 0 aliphatic heterocycles. The van der Waals surface area contributed by atoms with E-state index in [0.29, 0.717) is 11.4 Å². The lowest BCUT2D eigenvalue weighted by molar-refractivity contribution is 0.597. The van der Waals surface area contributed by atoms with E-state index in [1.54, 1.807) is 42.9 Å². The summed E-state index contributed by atoms with van der Waals surface area (Å²) in [6.07, 6.45) is 1.82. The molecule has 2 rings (SSSR count). The van der Waals surface area contributed by atoms with Crippen LogP contribution >= 0.6 is 0 Å². The Labute approximate surface area is 112 Å². The first-order valence-electron chi connectivity index (χ1n) is 5.93. The first-order valence-corrected chi connectivity index (χ1v) is 7.58. The van der Waals surface area contributed by atoms with Crippen molar-refractivity contribution >= 4 is 15.5 Å². The zero-order valence-corrected chi connectivity index (χ0v) is 11.7. The van der Waals surface area contributed by atoms with Crippen LogP contribution in [-0.2, 0) is 23.4 Å². The zero-order valence-electron chi connectivity index (χ0n) is 10.9. The molecule has 7 heteroatoms. The highest BCUT2D eigenvalue weighted by Gasteiger charge is 2.10. The second-order valence-corrected chi connectivity index (χ2v) is 6.44. The van der Waals surface area contributed by atoms with E-state index in [2.05, 4.69) is 15.6 Å². The van der Waals surface area contributed by atoms with E-state index in [9.17, 15) is 8.42 Å². The van der Waals surface area contributed by atoms with Crippen LogP contribution in [-0.4, -0.2) is 29.2 Å². The van der Waals surface area contributed by atoms with Crippen molar-refractivity contribution in [3.8, 4) is 0 Å². The topological polar surface area (TPSA) is 76.9 Å². The molecule has 6 nitrogen and oxygen atoms in total. The molecule has 102 valence electrons. The largest absolute Gasteiger partial charge is 0.379 e. The van der Waals surface area contributed by atoms with Crippen molar-refractivity contribution < 1.29 is 8.42 Å². The van der Waals surface area contributed by atoms with Crippen LogP contribution in [0.15, 0.2) is 35.4 Å². The summed E-state index contributed by atoms with van der Waals surface area (Å²) in [7, 11) is -1.33. The third kappa shape index (κ3) is 3.31. The molecule has 0 fully saturated rings. The second kappa shape index (κ2) is 5.40. The van der Waals surface area contributed by atoms with Gasteiger partial charge in [-0.15, -0.1) is 5.10 Å². The summed E-state index contributed by atoms with van der Waals surface area (Å²) in [5, 5.41) is 10.9. The molecule has 1 aromatic heterocycles. The summed E-state index contributed by atoms with van der Waals surface area (Å²) in [6.45, 7) is 2.18. The average molecular weight is 280 g/mol. The van der Waals surface area contributed by atoms with Gasteiger partial charge in [-0.2, -0.15) is 0 Å². The SMILES string of the molecule is CCS(=O)(=O)c1ccc(NCc2cn(C)nn2)cc1. The van der Waals surface area contributed by atoms with Gasteiger partial charge in [-0.25, -0.2) is 8.42 Å². The van der Waals surface area contributed by atoms with Gasteiger partial charge < -0.3 is 5.32 Å². The van der Waals surface area contributed by atoms with E-state index in [0.717, 1.165) is 11.4 Å². The summed E-state index contributed by atoms with van der Waals surface area (Å²) in [6, 6.07) is 6.72.